The number of hydrogen-bond acceptors (Lipinski definition) is 4. The number of aromatic nitrogens is 2. The van der Waals surface area contributed by atoms with Crippen LogP contribution in [-0.4, -0.2) is 20.8 Å². The van der Waals surface area contributed by atoms with Gasteiger partial charge >= 0.3 is 0 Å². The van der Waals surface area contributed by atoms with Gasteiger partial charge in [-0.3, -0.25) is 0 Å². The van der Waals surface area contributed by atoms with Gasteiger partial charge in [0, 0.05) is 13.1 Å². The van der Waals surface area contributed by atoms with Gasteiger partial charge in [0.25, 0.3) is 0 Å². The summed E-state index contributed by atoms with van der Waals surface area (Å²) in [6.07, 6.45) is 0. The van der Waals surface area contributed by atoms with Gasteiger partial charge in [0.05, 0.1) is 11.3 Å². The zero-order chi connectivity index (χ0) is 14.0. The molecule has 0 radical (unpaired) electrons. The molecule has 0 aliphatic carbocycles. The number of halogens is 1. The van der Waals surface area contributed by atoms with Gasteiger partial charge in [-0.05, 0) is 19.1 Å². The highest BCUT2D eigenvalue weighted by Gasteiger charge is 2.16. The molecule has 0 aliphatic rings. The van der Waals surface area contributed by atoms with Crippen LogP contribution in [0.5, 0.6) is 11.6 Å². The summed E-state index contributed by atoms with van der Waals surface area (Å²) in [6.45, 7) is 1.81. The van der Waals surface area contributed by atoms with Crippen LogP contribution in [0.3, 0.4) is 0 Å². The van der Waals surface area contributed by atoms with Crippen molar-refractivity contribution < 1.29 is 14.3 Å². The largest absolute Gasteiger partial charge is 0.438 e. The Balaban J connectivity index is 2.46. The summed E-state index contributed by atoms with van der Waals surface area (Å²) in [6, 6.07) is 5.90. The molecular weight excluding hydrogens is 251 g/mol. The summed E-state index contributed by atoms with van der Waals surface area (Å²) in [5.41, 5.74) is 6.12. The van der Waals surface area contributed by atoms with Crippen LogP contribution in [0.25, 0.3) is 0 Å². The Labute approximate surface area is 108 Å². The molecule has 0 atom stereocenters. The highest BCUT2D eigenvalue weighted by molar-refractivity contribution is 5.99. The average molecular weight is 264 g/mol. The Morgan fingerprint density at radius 1 is 1.53 bits per heavy atom. The lowest BCUT2D eigenvalue weighted by Gasteiger charge is -2.10. The van der Waals surface area contributed by atoms with Crippen molar-refractivity contribution in [3.8, 4) is 11.6 Å². The molecule has 0 saturated heterocycles. The van der Waals surface area contributed by atoms with E-state index in [1.807, 2.05) is 6.92 Å². The molecular formula is C12H13FN4O2. The van der Waals surface area contributed by atoms with E-state index in [4.69, 9.17) is 15.7 Å². The molecule has 0 spiro atoms. The Morgan fingerprint density at radius 3 is 2.84 bits per heavy atom. The zero-order valence-electron chi connectivity index (χ0n) is 10.5. The van der Waals surface area contributed by atoms with Crippen molar-refractivity contribution in [1.82, 2.24) is 9.78 Å². The van der Waals surface area contributed by atoms with E-state index in [1.54, 1.807) is 13.1 Å². The predicted molar refractivity (Wildman–Crippen MR) is 66.9 cm³/mol. The van der Waals surface area contributed by atoms with Crippen molar-refractivity contribution in [1.29, 1.82) is 0 Å². The molecule has 6 nitrogen and oxygen atoms in total. The number of aryl methyl sites for hydroxylation is 2. The van der Waals surface area contributed by atoms with Gasteiger partial charge in [0.1, 0.15) is 11.6 Å². The first-order valence-electron chi connectivity index (χ1n) is 5.48. The van der Waals surface area contributed by atoms with Crippen molar-refractivity contribution in [2.45, 2.75) is 6.92 Å². The van der Waals surface area contributed by atoms with Crippen molar-refractivity contribution in [3.05, 3.63) is 41.3 Å². The smallest absolute Gasteiger partial charge is 0.217 e. The summed E-state index contributed by atoms with van der Waals surface area (Å²) in [7, 11) is 1.70. The second-order valence-electron chi connectivity index (χ2n) is 3.95. The Hall–Kier alpha value is -2.57. The second kappa shape index (κ2) is 4.97. The molecule has 1 heterocycles. The molecule has 100 valence electrons. The monoisotopic (exact) mass is 264 g/mol. The number of rotatable bonds is 3. The van der Waals surface area contributed by atoms with Gasteiger partial charge in [0.2, 0.25) is 5.88 Å². The van der Waals surface area contributed by atoms with Crippen molar-refractivity contribution >= 4 is 5.84 Å². The standard InChI is InChI=1S/C12H13FN4O2/c1-7-6-10(17(2)15-7)19-9-5-3-4-8(13)11(9)12(14)16-18/h3-6,18H,1-2H3,(H2,14,16). The Bertz CT molecular complexity index is 637. The maximum absolute atomic E-state index is 13.7. The van der Waals surface area contributed by atoms with Gasteiger partial charge in [-0.2, -0.15) is 5.10 Å². The summed E-state index contributed by atoms with van der Waals surface area (Å²) >= 11 is 0. The number of oxime groups is 1. The van der Waals surface area contributed by atoms with E-state index in [2.05, 4.69) is 10.3 Å². The molecule has 2 aromatic rings. The minimum Gasteiger partial charge on any atom is -0.438 e. The van der Waals surface area contributed by atoms with Crippen LogP contribution < -0.4 is 10.5 Å². The third-order valence-corrected chi connectivity index (χ3v) is 2.51. The van der Waals surface area contributed by atoms with Crippen LogP contribution in [0.1, 0.15) is 11.3 Å². The maximum Gasteiger partial charge on any atom is 0.217 e. The van der Waals surface area contributed by atoms with E-state index < -0.39 is 5.82 Å². The Kier molecular flexibility index (Phi) is 3.37. The molecule has 0 bridgehead atoms. The summed E-state index contributed by atoms with van der Waals surface area (Å²) < 4.78 is 20.8. The van der Waals surface area contributed by atoms with E-state index in [0.717, 1.165) is 5.69 Å². The van der Waals surface area contributed by atoms with Crippen molar-refractivity contribution in [2.75, 3.05) is 0 Å². The SMILES string of the molecule is Cc1cc(Oc2cccc(F)c2/C(N)=N/O)n(C)n1. The van der Waals surface area contributed by atoms with Crippen LogP contribution in [-0.2, 0) is 7.05 Å². The molecule has 3 N–H and O–H groups in total. The molecule has 7 heteroatoms. The third-order valence-electron chi connectivity index (χ3n) is 2.51. The first-order chi connectivity index (χ1) is 9.02. The fourth-order valence-corrected chi connectivity index (χ4v) is 1.68. The quantitative estimate of drug-likeness (QED) is 0.383. The van der Waals surface area contributed by atoms with E-state index in [-0.39, 0.29) is 17.1 Å². The predicted octanol–water partition coefficient (Wildman–Crippen LogP) is 1.75. The number of nitrogens with zero attached hydrogens (tertiary/aromatic N) is 3. The first kappa shape index (κ1) is 12.9. The normalized spacial score (nSPS) is 11.6. The summed E-state index contributed by atoms with van der Waals surface area (Å²) in [5, 5.41) is 15.6. The van der Waals surface area contributed by atoms with Crippen LogP contribution in [0, 0.1) is 12.7 Å². The lowest BCUT2D eigenvalue weighted by Crippen LogP contribution is -2.16. The lowest BCUT2D eigenvalue weighted by atomic mass is 10.1. The molecule has 0 amide bonds. The molecule has 1 aromatic heterocycles. The van der Waals surface area contributed by atoms with Crippen LogP contribution in [0.4, 0.5) is 4.39 Å². The third kappa shape index (κ3) is 2.49. The molecule has 0 unspecified atom stereocenters. The van der Waals surface area contributed by atoms with E-state index in [9.17, 15) is 4.39 Å². The molecule has 0 saturated carbocycles. The Morgan fingerprint density at radius 2 is 2.26 bits per heavy atom. The fraction of sp³-hybridized carbons (Fsp3) is 0.167. The van der Waals surface area contributed by atoms with Gasteiger partial charge in [-0.15, -0.1) is 0 Å². The topological polar surface area (TPSA) is 85.7 Å². The number of nitrogens with two attached hydrogens (primary N) is 1. The van der Waals surface area contributed by atoms with Crippen LogP contribution in [0.15, 0.2) is 29.4 Å². The van der Waals surface area contributed by atoms with Gasteiger partial charge in [-0.1, -0.05) is 11.2 Å². The zero-order valence-corrected chi connectivity index (χ0v) is 10.5. The van der Waals surface area contributed by atoms with Crippen LogP contribution in [0.2, 0.25) is 0 Å². The number of benzene rings is 1. The molecule has 0 fully saturated rings. The molecule has 1 aromatic carbocycles. The second-order valence-corrected chi connectivity index (χ2v) is 3.95. The van der Waals surface area contributed by atoms with Gasteiger partial charge in [0.15, 0.2) is 5.84 Å². The van der Waals surface area contributed by atoms with Crippen molar-refractivity contribution in [2.24, 2.45) is 17.9 Å². The highest BCUT2D eigenvalue weighted by Crippen LogP contribution is 2.27. The summed E-state index contributed by atoms with van der Waals surface area (Å²) in [5.74, 6) is -0.410. The fourth-order valence-electron chi connectivity index (χ4n) is 1.68. The average Bonchev–Trinajstić information content (AvgIpc) is 2.67. The van der Waals surface area contributed by atoms with E-state index >= 15 is 0 Å². The van der Waals surface area contributed by atoms with Crippen molar-refractivity contribution in [3.63, 3.8) is 0 Å². The maximum atomic E-state index is 13.7. The van der Waals surface area contributed by atoms with E-state index in [0.29, 0.717) is 5.88 Å². The lowest BCUT2D eigenvalue weighted by molar-refractivity contribution is 0.318. The summed E-state index contributed by atoms with van der Waals surface area (Å²) in [4.78, 5) is 0. The molecule has 19 heavy (non-hydrogen) atoms. The highest BCUT2D eigenvalue weighted by atomic mass is 19.1. The number of hydrogen-bond donors (Lipinski definition) is 2. The van der Waals surface area contributed by atoms with Crippen LogP contribution >= 0.6 is 0 Å². The van der Waals surface area contributed by atoms with Gasteiger partial charge < -0.3 is 15.7 Å². The minimum atomic E-state index is -0.633. The number of ether oxygens (including phenoxy) is 1. The molecule has 0 aliphatic heterocycles. The minimum absolute atomic E-state index is 0.0937. The number of amidine groups is 1. The molecule has 2 rings (SSSR count). The first-order valence-corrected chi connectivity index (χ1v) is 5.48. The van der Waals surface area contributed by atoms with Gasteiger partial charge in [-0.25, -0.2) is 9.07 Å². The van der Waals surface area contributed by atoms with E-state index in [1.165, 1.54) is 22.9 Å².